The van der Waals surface area contributed by atoms with E-state index >= 15 is 0 Å². The number of H-pyrrole nitrogens is 1. The van der Waals surface area contributed by atoms with Crippen molar-refractivity contribution in [3.8, 4) is 11.8 Å². The lowest BCUT2D eigenvalue weighted by Gasteiger charge is -2.41. The van der Waals surface area contributed by atoms with Gasteiger partial charge in [-0.25, -0.2) is 14.4 Å². The topological polar surface area (TPSA) is 100 Å². The van der Waals surface area contributed by atoms with Crippen LogP contribution in [0.1, 0.15) is 19.2 Å². The number of aromatic amines is 1. The number of benzene rings is 1. The highest BCUT2D eigenvalue weighted by Crippen LogP contribution is 2.37. The minimum atomic E-state index is -0.342. The Bertz CT molecular complexity index is 1220. The van der Waals surface area contributed by atoms with Gasteiger partial charge in [0.1, 0.15) is 23.1 Å². The highest BCUT2D eigenvalue weighted by Gasteiger charge is 2.31. The number of aryl methyl sites for hydroxylation is 1. The van der Waals surface area contributed by atoms with Gasteiger partial charge in [-0.3, -0.25) is 0 Å². The molecule has 154 valence electrons. The molecule has 9 heteroatoms. The van der Waals surface area contributed by atoms with Gasteiger partial charge in [-0.05, 0) is 44.4 Å². The van der Waals surface area contributed by atoms with E-state index < -0.39 is 0 Å². The standard InChI is InChI=1S/C21H21FN6O2/c1-11(29)5-13-9-28(10-13)20-18-16-6-14(22)3-4-17(16)25-19(18)26-21(27-20)30-15-7-23-12(2)24-8-15/h3-4,6-8,11,13,29H,5,9-10H2,1-2H3,(H,25,26,27). The van der Waals surface area contributed by atoms with Crippen molar-refractivity contribution in [2.45, 2.75) is 26.4 Å². The van der Waals surface area contributed by atoms with E-state index in [4.69, 9.17) is 4.74 Å². The molecular weight excluding hydrogens is 387 g/mol. The maximum Gasteiger partial charge on any atom is 0.326 e. The number of aromatic nitrogens is 5. The summed E-state index contributed by atoms with van der Waals surface area (Å²) < 4.78 is 19.7. The lowest BCUT2D eigenvalue weighted by atomic mass is 9.93. The van der Waals surface area contributed by atoms with Gasteiger partial charge in [0.05, 0.1) is 23.9 Å². The average molecular weight is 408 g/mol. The summed E-state index contributed by atoms with van der Waals surface area (Å²) in [6.07, 6.45) is 3.53. The second kappa shape index (κ2) is 7.17. The van der Waals surface area contributed by atoms with Crippen LogP contribution < -0.4 is 9.64 Å². The van der Waals surface area contributed by atoms with Crippen molar-refractivity contribution in [3.05, 3.63) is 42.2 Å². The monoisotopic (exact) mass is 408 g/mol. The van der Waals surface area contributed by atoms with Gasteiger partial charge < -0.3 is 19.7 Å². The fourth-order valence-electron chi connectivity index (χ4n) is 3.91. The molecule has 0 spiro atoms. The van der Waals surface area contributed by atoms with Gasteiger partial charge in [-0.1, -0.05) is 0 Å². The summed E-state index contributed by atoms with van der Waals surface area (Å²) in [6.45, 7) is 5.10. The molecule has 0 amide bonds. The van der Waals surface area contributed by atoms with Gasteiger partial charge in [0.15, 0.2) is 5.75 Å². The molecule has 1 aliphatic rings. The first kappa shape index (κ1) is 18.7. The van der Waals surface area contributed by atoms with E-state index in [2.05, 4.69) is 29.8 Å². The summed E-state index contributed by atoms with van der Waals surface area (Å²) in [6, 6.07) is 4.75. The third-order valence-electron chi connectivity index (χ3n) is 5.27. The zero-order chi connectivity index (χ0) is 20.8. The molecule has 3 aromatic heterocycles. The van der Waals surface area contributed by atoms with Crippen LogP contribution >= 0.6 is 0 Å². The zero-order valence-electron chi connectivity index (χ0n) is 16.6. The highest BCUT2D eigenvalue weighted by atomic mass is 19.1. The van der Waals surface area contributed by atoms with Crippen LogP contribution in [0, 0.1) is 18.7 Å². The molecule has 2 N–H and O–H groups in total. The van der Waals surface area contributed by atoms with Crippen molar-refractivity contribution in [3.63, 3.8) is 0 Å². The van der Waals surface area contributed by atoms with E-state index in [0.717, 1.165) is 35.8 Å². The van der Waals surface area contributed by atoms with Crippen molar-refractivity contribution in [2.24, 2.45) is 5.92 Å². The Morgan fingerprint density at radius 3 is 2.77 bits per heavy atom. The predicted octanol–water partition coefficient (Wildman–Crippen LogP) is 3.35. The second-order valence-corrected chi connectivity index (χ2v) is 7.79. The quantitative estimate of drug-likeness (QED) is 0.522. The summed E-state index contributed by atoms with van der Waals surface area (Å²) in [4.78, 5) is 22.7. The molecule has 8 nitrogen and oxygen atoms in total. The average Bonchev–Trinajstić information content (AvgIpc) is 3.03. The van der Waals surface area contributed by atoms with Crippen molar-refractivity contribution < 1.29 is 14.2 Å². The number of hydrogen-bond donors (Lipinski definition) is 2. The molecule has 4 aromatic rings. The summed E-state index contributed by atoms with van der Waals surface area (Å²) in [5.74, 6) is 1.82. The summed E-state index contributed by atoms with van der Waals surface area (Å²) >= 11 is 0. The molecule has 1 atom stereocenters. The SMILES string of the molecule is Cc1ncc(Oc2nc(N3CC(CC(C)O)C3)c3c(n2)[nH]c2ccc(F)cc23)cn1. The molecule has 30 heavy (non-hydrogen) atoms. The van der Waals surface area contributed by atoms with Crippen molar-refractivity contribution in [1.29, 1.82) is 0 Å². The number of anilines is 1. The van der Waals surface area contributed by atoms with Crippen molar-refractivity contribution >= 4 is 27.8 Å². The normalized spacial score (nSPS) is 15.5. The summed E-state index contributed by atoms with van der Waals surface area (Å²) in [5.41, 5.74) is 1.35. The largest absolute Gasteiger partial charge is 0.421 e. The Hall–Kier alpha value is -3.33. The third kappa shape index (κ3) is 3.41. The molecule has 1 saturated heterocycles. The van der Waals surface area contributed by atoms with Gasteiger partial charge in [-0.15, -0.1) is 0 Å². The van der Waals surface area contributed by atoms with Crippen LogP contribution in [-0.4, -0.2) is 49.2 Å². The number of aliphatic hydroxyl groups excluding tert-OH is 1. The van der Waals surface area contributed by atoms with Crippen LogP contribution in [0.3, 0.4) is 0 Å². The lowest BCUT2D eigenvalue weighted by molar-refractivity contribution is 0.150. The Balaban J connectivity index is 1.58. The summed E-state index contributed by atoms with van der Waals surface area (Å²) in [7, 11) is 0. The van der Waals surface area contributed by atoms with Crippen molar-refractivity contribution in [2.75, 3.05) is 18.0 Å². The number of rotatable bonds is 5. The maximum atomic E-state index is 13.9. The Morgan fingerprint density at radius 1 is 1.27 bits per heavy atom. The molecule has 1 unspecified atom stereocenters. The number of nitrogens with one attached hydrogen (secondary N) is 1. The molecule has 1 fully saturated rings. The molecule has 0 bridgehead atoms. The number of hydrogen-bond acceptors (Lipinski definition) is 7. The number of nitrogens with zero attached hydrogens (tertiary/aromatic N) is 5. The van der Waals surface area contributed by atoms with Gasteiger partial charge >= 0.3 is 6.01 Å². The van der Waals surface area contributed by atoms with E-state index in [-0.39, 0.29) is 17.9 Å². The van der Waals surface area contributed by atoms with Gasteiger partial charge in [-0.2, -0.15) is 9.97 Å². The maximum absolute atomic E-state index is 13.9. The fourth-order valence-corrected chi connectivity index (χ4v) is 3.91. The molecule has 1 aliphatic heterocycles. The van der Waals surface area contributed by atoms with Crippen LogP contribution in [0.4, 0.5) is 10.2 Å². The van der Waals surface area contributed by atoms with Gasteiger partial charge in [0.25, 0.3) is 0 Å². The van der Waals surface area contributed by atoms with Crippen molar-refractivity contribution in [1.82, 2.24) is 24.9 Å². The molecular formula is C21H21FN6O2. The van der Waals surface area contributed by atoms with Crippen LogP contribution in [0.25, 0.3) is 21.9 Å². The number of fused-ring (bicyclic) bond motifs is 3. The molecule has 4 heterocycles. The smallest absolute Gasteiger partial charge is 0.326 e. The Labute approximate surface area is 171 Å². The Kier molecular flexibility index (Phi) is 4.47. The minimum absolute atomic E-state index is 0.163. The fraction of sp³-hybridized carbons (Fsp3) is 0.333. The lowest BCUT2D eigenvalue weighted by Crippen LogP contribution is -2.48. The molecule has 0 aliphatic carbocycles. The first-order chi connectivity index (χ1) is 14.5. The molecule has 5 rings (SSSR count). The molecule has 1 aromatic carbocycles. The van der Waals surface area contributed by atoms with Gasteiger partial charge in [0.2, 0.25) is 0 Å². The van der Waals surface area contributed by atoms with Crippen LogP contribution in [0.2, 0.25) is 0 Å². The minimum Gasteiger partial charge on any atom is -0.421 e. The number of aliphatic hydroxyl groups is 1. The zero-order valence-corrected chi connectivity index (χ0v) is 16.6. The summed E-state index contributed by atoms with van der Waals surface area (Å²) in [5, 5.41) is 11.1. The number of halogens is 1. The molecule has 0 radical (unpaired) electrons. The predicted molar refractivity (Wildman–Crippen MR) is 110 cm³/mol. The highest BCUT2D eigenvalue weighted by molar-refractivity contribution is 6.11. The van der Waals surface area contributed by atoms with Crippen LogP contribution in [0.5, 0.6) is 11.8 Å². The van der Waals surface area contributed by atoms with Crippen LogP contribution in [-0.2, 0) is 0 Å². The van der Waals surface area contributed by atoms with E-state index in [1.54, 1.807) is 32.3 Å². The number of ether oxygens (including phenoxy) is 1. The van der Waals surface area contributed by atoms with E-state index in [1.807, 2.05) is 0 Å². The first-order valence-corrected chi connectivity index (χ1v) is 9.85. The van der Waals surface area contributed by atoms with E-state index in [9.17, 15) is 9.50 Å². The Morgan fingerprint density at radius 2 is 2.03 bits per heavy atom. The van der Waals surface area contributed by atoms with E-state index in [1.165, 1.54) is 12.1 Å². The second-order valence-electron chi connectivity index (χ2n) is 7.79. The van der Waals surface area contributed by atoms with Gasteiger partial charge in [0, 0.05) is 24.0 Å². The van der Waals surface area contributed by atoms with Crippen LogP contribution in [0.15, 0.2) is 30.6 Å². The third-order valence-corrected chi connectivity index (χ3v) is 5.27. The van der Waals surface area contributed by atoms with E-state index in [0.29, 0.717) is 29.0 Å². The first-order valence-electron chi connectivity index (χ1n) is 9.85. The molecule has 0 saturated carbocycles.